The van der Waals surface area contributed by atoms with Crippen LogP contribution in [0.4, 0.5) is 18.9 Å². The fourth-order valence-electron chi connectivity index (χ4n) is 3.51. The van der Waals surface area contributed by atoms with Crippen molar-refractivity contribution in [3.05, 3.63) is 52.0 Å². The van der Waals surface area contributed by atoms with Gasteiger partial charge in [-0.2, -0.15) is 13.2 Å². The summed E-state index contributed by atoms with van der Waals surface area (Å²) >= 11 is 1.57. The van der Waals surface area contributed by atoms with E-state index < -0.39 is 17.6 Å². The molecule has 0 spiro atoms. The molecule has 1 aliphatic rings. The molecule has 5 nitrogen and oxygen atoms in total. The summed E-state index contributed by atoms with van der Waals surface area (Å²) in [5.41, 5.74) is 0.811. The van der Waals surface area contributed by atoms with Gasteiger partial charge in [-0.3, -0.25) is 9.69 Å². The molecule has 2 aromatic heterocycles. The summed E-state index contributed by atoms with van der Waals surface area (Å²) in [6, 6.07) is 6.94. The lowest BCUT2D eigenvalue weighted by Gasteiger charge is -2.26. The number of fused-ring (bicyclic) bond motifs is 1. The molecule has 4 rings (SSSR count). The van der Waals surface area contributed by atoms with Gasteiger partial charge in [0.1, 0.15) is 5.69 Å². The number of aryl methyl sites for hydroxylation is 1. The second-order valence-electron chi connectivity index (χ2n) is 6.96. The zero-order chi connectivity index (χ0) is 20.6. The largest absolute Gasteiger partial charge is 0.418 e. The van der Waals surface area contributed by atoms with Crippen molar-refractivity contribution in [2.75, 3.05) is 31.6 Å². The lowest BCUT2D eigenvalue weighted by atomic mass is 10.1. The Morgan fingerprint density at radius 3 is 2.72 bits per heavy atom. The van der Waals surface area contributed by atoms with E-state index in [-0.39, 0.29) is 5.69 Å². The smallest absolute Gasteiger partial charge is 0.379 e. The summed E-state index contributed by atoms with van der Waals surface area (Å²) < 4.78 is 46.2. The highest BCUT2D eigenvalue weighted by molar-refractivity contribution is 7.19. The molecule has 3 aromatic rings. The first-order chi connectivity index (χ1) is 13.8. The number of morpholine rings is 1. The molecule has 1 amide bonds. The molecule has 1 aromatic carbocycles. The molecule has 0 saturated carbocycles. The highest BCUT2D eigenvalue weighted by atomic mass is 32.1. The van der Waals surface area contributed by atoms with Crippen LogP contribution in [-0.2, 0) is 17.5 Å². The molecule has 0 unspecified atom stereocenters. The van der Waals surface area contributed by atoms with E-state index in [1.807, 2.05) is 13.0 Å². The Morgan fingerprint density at radius 1 is 1.28 bits per heavy atom. The molecular weight excluding hydrogens is 403 g/mol. The monoisotopic (exact) mass is 423 g/mol. The van der Waals surface area contributed by atoms with E-state index >= 15 is 0 Å². The van der Waals surface area contributed by atoms with Crippen molar-refractivity contribution in [1.29, 1.82) is 0 Å². The van der Waals surface area contributed by atoms with Crippen molar-refractivity contribution < 1.29 is 22.7 Å². The van der Waals surface area contributed by atoms with Crippen molar-refractivity contribution in [3.8, 4) is 0 Å². The average Bonchev–Trinajstić information content (AvgIpc) is 3.19. The van der Waals surface area contributed by atoms with Crippen LogP contribution in [0.3, 0.4) is 0 Å². The first-order valence-corrected chi connectivity index (χ1v) is 10.0. The molecule has 0 atom stereocenters. The normalized spacial score (nSPS) is 15.7. The van der Waals surface area contributed by atoms with Crippen LogP contribution in [0.25, 0.3) is 10.2 Å². The predicted octanol–water partition coefficient (Wildman–Crippen LogP) is 4.64. The van der Waals surface area contributed by atoms with Crippen molar-refractivity contribution in [1.82, 2.24) is 9.88 Å². The number of halogens is 3. The zero-order valence-corrected chi connectivity index (χ0v) is 16.5. The highest BCUT2D eigenvalue weighted by Crippen LogP contribution is 2.36. The van der Waals surface area contributed by atoms with Crippen molar-refractivity contribution in [3.63, 3.8) is 0 Å². The van der Waals surface area contributed by atoms with Gasteiger partial charge in [-0.1, -0.05) is 12.1 Å². The number of amides is 1. The van der Waals surface area contributed by atoms with E-state index in [1.54, 1.807) is 11.3 Å². The standard InChI is InChI=1S/C20H20F3N3O2S/c1-12-10-16-18(29-12)13(11-26-6-8-28-9-7-26)17(24-16)19(27)25-15-5-3-2-4-14(15)20(21,22)23/h2-5,10,24H,6-9,11H2,1H3,(H,25,27). The van der Waals surface area contributed by atoms with Crippen LogP contribution in [-0.4, -0.2) is 42.1 Å². The molecule has 29 heavy (non-hydrogen) atoms. The van der Waals surface area contributed by atoms with Gasteiger partial charge in [0, 0.05) is 30.1 Å². The van der Waals surface area contributed by atoms with E-state index in [0.29, 0.717) is 25.5 Å². The summed E-state index contributed by atoms with van der Waals surface area (Å²) in [6.07, 6.45) is -4.55. The number of alkyl halides is 3. The average molecular weight is 423 g/mol. The van der Waals surface area contributed by atoms with Gasteiger partial charge >= 0.3 is 6.18 Å². The quantitative estimate of drug-likeness (QED) is 0.643. The van der Waals surface area contributed by atoms with E-state index in [2.05, 4.69) is 15.2 Å². The fraction of sp³-hybridized carbons (Fsp3) is 0.350. The Bertz CT molecular complexity index is 1040. The lowest BCUT2D eigenvalue weighted by Crippen LogP contribution is -2.36. The summed E-state index contributed by atoms with van der Waals surface area (Å²) in [6.45, 7) is 5.25. The number of hydrogen-bond donors (Lipinski definition) is 2. The van der Waals surface area contributed by atoms with Crippen LogP contribution < -0.4 is 5.32 Å². The summed E-state index contributed by atoms with van der Waals surface area (Å²) in [7, 11) is 0. The molecule has 0 radical (unpaired) electrons. The Balaban J connectivity index is 1.67. The van der Waals surface area contributed by atoms with Gasteiger partial charge < -0.3 is 15.0 Å². The van der Waals surface area contributed by atoms with Gasteiger partial charge in [0.15, 0.2) is 0 Å². The Kier molecular flexibility index (Phi) is 5.37. The van der Waals surface area contributed by atoms with Crippen molar-refractivity contribution in [2.45, 2.75) is 19.6 Å². The van der Waals surface area contributed by atoms with E-state index in [9.17, 15) is 18.0 Å². The molecule has 3 heterocycles. The summed E-state index contributed by atoms with van der Waals surface area (Å²) in [5.74, 6) is -0.578. The SMILES string of the molecule is Cc1cc2[nH]c(C(=O)Nc3ccccc3C(F)(F)F)c(CN3CCOCC3)c2s1. The number of para-hydroxylation sites is 1. The predicted molar refractivity (Wildman–Crippen MR) is 106 cm³/mol. The summed E-state index contributed by atoms with van der Waals surface area (Å²) in [4.78, 5) is 19.4. The molecule has 9 heteroatoms. The first-order valence-electron chi connectivity index (χ1n) is 9.21. The number of thiophene rings is 1. The molecule has 0 aliphatic carbocycles. The molecule has 1 aliphatic heterocycles. The maximum atomic E-state index is 13.3. The number of hydrogen-bond acceptors (Lipinski definition) is 4. The molecule has 1 saturated heterocycles. The Labute approximate surface area is 169 Å². The molecule has 0 bridgehead atoms. The first kappa shape index (κ1) is 19.9. The molecule has 2 N–H and O–H groups in total. The van der Waals surface area contributed by atoms with Gasteiger partial charge in [-0.05, 0) is 25.1 Å². The third kappa shape index (κ3) is 4.17. The van der Waals surface area contributed by atoms with Crippen LogP contribution in [0.15, 0.2) is 30.3 Å². The third-order valence-electron chi connectivity index (χ3n) is 4.88. The van der Waals surface area contributed by atoms with E-state index in [0.717, 1.165) is 39.8 Å². The maximum Gasteiger partial charge on any atom is 0.418 e. The minimum atomic E-state index is -4.55. The van der Waals surface area contributed by atoms with Crippen LogP contribution >= 0.6 is 11.3 Å². The number of anilines is 1. The minimum absolute atomic E-state index is 0.253. The fourth-order valence-corrected chi connectivity index (χ4v) is 4.52. The maximum absolute atomic E-state index is 13.3. The third-order valence-corrected chi connectivity index (χ3v) is 5.99. The minimum Gasteiger partial charge on any atom is -0.379 e. The number of benzene rings is 1. The van der Waals surface area contributed by atoms with Crippen LogP contribution in [0.5, 0.6) is 0 Å². The van der Waals surface area contributed by atoms with Gasteiger partial charge in [0.2, 0.25) is 0 Å². The van der Waals surface area contributed by atoms with E-state index in [4.69, 9.17) is 4.74 Å². The number of nitrogens with zero attached hydrogens (tertiary/aromatic N) is 1. The second kappa shape index (κ2) is 7.81. The number of H-pyrrole nitrogens is 1. The zero-order valence-electron chi connectivity index (χ0n) is 15.7. The lowest BCUT2D eigenvalue weighted by molar-refractivity contribution is -0.136. The Hall–Kier alpha value is -2.36. The van der Waals surface area contributed by atoms with Gasteiger partial charge in [-0.25, -0.2) is 0 Å². The van der Waals surface area contributed by atoms with Crippen molar-refractivity contribution >= 4 is 33.1 Å². The van der Waals surface area contributed by atoms with Crippen molar-refractivity contribution in [2.24, 2.45) is 0 Å². The Morgan fingerprint density at radius 2 is 2.00 bits per heavy atom. The van der Waals surface area contributed by atoms with Gasteiger partial charge in [-0.15, -0.1) is 11.3 Å². The highest BCUT2D eigenvalue weighted by Gasteiger charge is 2.34. The van der Waals surface area contributed by atoms with E-state index in [1.165, 1.54) is 18.2 Å². The molecule has 1 fully saturated rings. The van der Waals surface area contributed by atoms with Crippen LogP contribution in [0, 0.1) is 6.92 Å². The number of carbonyl (C=O) groups excluding carboxylic acids is 1. The molecule has 154 valence electrons. The number of aromatic nitrogens is 1. The molecular formula is C20H20F3N3O2S. The van der Waals surface area contributed by atoms with Crippen LogP contribution in [0.1, 0.15) is 26.5 Å². The summed E-state index contributed by atoms with van der Waals surface area (Å²) in [5, 5.41) is 2.45. The van der Waals surface area contributed by atoms with Gasteiger partial charge in [0.05, 0.1) is 34.7 Å². The number of nitrogens with one attached hydrogen (secondary N) is 2. The number of rotatable bonds is 4. The second-order valence-corrected chi connectivity index (χ2v) is 8.22. The number of carbonyl (C=O) groups is 1. The number of ether oxygens (including phenoxy) is 1. The number of aromatic amines is 1. The topological polar surface area (TPSA) is 57.4 Å². The van der Waals surface area contributed by atoms with Crippen LogP contribution in [0.2, 0.25) is 0 Å². The van der Waals surface area contributed by atoms with Gasteiger partial charge in [0.25, 0.3) is 5.91 Å².